The van der Waals surface area contributed by atoms with Gasteiger partial charge in [-0.15, -0.1) is 0 Å². The number of aromatic nitrogens is 1. The zero-order valence-electron chi connectivity index (χ0n) is 15.1. The molecule has 1 N–H and O–H groups in total. The highest BCUT2D eigenvalue weighted by Crippen LogP contribution is 2.17. The van der Waals surface area contributed by atoms with Gasteiger partial charge in [-0.1, -0.05) is 24.3 Å². The lowest BCUT2D eigenvalue weighted by molar-refractivity contribution is -0.114. The van der Waals surface area contributed by atoms with Crippen molar-refractivity contribution in [2.45, 2.75) is 6.92 Å². The standard InChI is InChI=1S/C22H17FN2O3/c1-15(26)25-21-14-17(12-13-24-21)3-2-16-4-10-20(11-5-16)28-22(27)18-6-8-19(23)9-7-18/h2-14H,1H3,(H,24,25,26)/b3-2+. The minimum Gasteiger partial charge on any atom is -0.423 e. The number of carbonyl (C=O) groups excluding carboxylic acids is 2. The minimum absolute atomic E-state index is 0.181. The van der Waals surface area contributed by atoms with Crippen molar-refractivity contribution in [2.24, 2.45) is 0 Å². The van der Waals surface area contributed by atoms with E-state index in [9.17, 15) is 14.0 Å². The SMILES string of the molecule is CC(=O)Nc1cc(/C=C/c2ccc(OC(=O)c3ccc(F)cc3)cc2)ccn1. The molecule has 0 bridgehead atoms. The van der Waals surface area contributed by atoms with Crippen LogP contribution in [0.2, 0.25) is 0 Å². The number of hydrogen-bond donors (Lipinski definition) is 1. The molecule has 1 aromatic heterocycles. The van der Waals surface area contributed by atoms with Crippen LogP contribution < -0.4 is 10.1 Å². The van der Waals surface area contributed by atoms with Gasteiger partial charge in [0.05, 0.1) is 5.56 Å². The van der Waals surface area contributed by atoms with Gasteiger partial charge in [-0.3, -0.25) is 4.79 Å². The number of anilines is 1. The van der Waals surface area contributed by atoms with Crippen molar-refractivity contribution < 1.29 is 18.7 Å². The molecule has 0 saturated heterocycles. The smallest absolute Gasteiger partial charge is 0.343 e. The van der Waals surface area contributed by atoms with Crippen molar-refractivity contribution in [1.29, 1.82) is 0 Å². The quantitative estimate of drug-likeness (QED) is 0.523. The lowest BCUT2D eigenvalue weighted by Crippen LogP contribution is -2.08. The first-order valence-electron chi connectivity index (χ1n) is 8.49. The largest absolute Gasteiger partial charge is 0.423 e. The minimum atomic E-state index is -0.550. The normalized spacial score (nSPS) is 10.6. The molecule has 3 aromatic rings. The summed E-state index contributed by atoms with van der Waals surface area (Å²) < 4.78 is 18.2. The predicted molar refractivity (Wildman–Crippen MR) is 105 cm³/mol. The molecule has 140 valence electrons. The van der Waals surface area contributed by atoms with E-state index < -0.39 is 11.8 Å². The third-order valence-electron chi connectivity index (χ3n) is 3.73. The molecule has 6 heteroatoms. The van der Waals surface area contributed by atoms with Gasteiger partial charge >= 0.3 is 5.97 Å². The van der Waals surface area contributed by atoms with Crippen molar-refractivity contribution in [2.75, 3.05) is 5.32 Å². The molecule has 28 heavy (non-hydrogen) atoms. The molecule has 0 aliphatic heterocycles. The van der Waals surface area contributed by atoms with Crippen molar-refractivity contribution in [3.05, 3.63) is 89.4 Å². The Morgan fingerprint density at radius 3 is 2.32 bits per heavy atom. The van der Waals surface area contributed by atoms with E-state index in [1.54, 1.807) is 36.5 Å². The lowest BCUT2D eigenvalue weighted by atomic mass is 10.1. The van der Waals surface area contributed by atoms with Crippen molar-refractivity contribution in [1.82, 2.24) is 4.98 Å². The second kappa shape index (κ2) is 8.73. The average molecular weight is 376 g/mol. The van der Waals surface area contributed by atoms with Crippen LogP contribution in [0.4, 0.5) is 10.2 Å². The van der Waals surface area contributed by atoms with Gasteiger partial charge in [0.1, 0.15) is 17.4 Å². The molecular weight excluding hydrogens is 359 g/mol. The summed E-state index contributed by atoms with van der Waals surface area (Å²) in [6.45, 7) is 1.43. The summed E-state index contributed by atoms with van der Waals surface area (Å²) in [5.74, 6) is -0.267. The molecule has 1 amide bonds. The van der Waals surface area contributed by atoms with E-state index in [4.69, 9.17) is 4.74 Å². The third kappa shape index (κ3) is 5.35. The highest BCUT2D eigenvalue weighted by molar-refractivity contribution is 5.91. The summed E-state index contributed by atoms with van der Waals surface area (Å²) in [5, 5.41) is 2.63. The Labute approximate surface area is 161 Å². The maximum absolute atomic E-state index is 12.9. The first-order valence-corrected chi connectivity index (χ1v) is 8.49. The average Bonchev–Trinajstić information content (AvgIpc) is 2.68. The van der Waals surface area contributed by atoms with Crippen LogP contribution in [0, 0.1) is 5.82 Å². The summed E-state index contributed by atoms with van der Waals surface area (Å²) in [7, 11) is 0. The fourth-order valence-electron chi connectivity index (χ4n) is 2.39. The fourth-order valence-corrected chi connectivity index (χ4v) is 2.39. The van der Waals surface area contributed by atoms with E-state index in [0.717, 1.165) is 11.1 Å². The van der Waals surface area contributed by atoms with E-state index >= 15 is 0 Å². The highest BCUT2D eigenvalue weighted by Gasteiger charge is 2.08. The molecule has 0 spiro atoms. The van der Waals surface area contributed by atoms with Gasteiger partial charge in [-0.2, -0.15) is 0 Å². The van der Waals surface area contributed by atoms with Gasteiger partial charge in [-0.25, -0.2) is 14.2 Å². The van der Waals surface area contributed by atoms with Gasteiger partial charge in [0.2, 0.25) is 5.91 Å². The van der Waals surface area contributed by atoms with Gasteiger partial charge in [0.15, 0.2) is 0 Å². The second-order valence-electron chi connectivity index (χ2n) is 5.95. The number of halogens is 1. The first-order chi connectivity index (χ1) is 13.5. The second-order valence-corrected chi connectivity index (χ2v) is 5.95. The number of nitrogens with one attached hydrogen (secondary N) is 1. The maximum atomic E-state index is 12.9. The number of hydrogen-bond acceptors (Lipinski definition) is 4. The third-order valence-corrected chi connectivity index (χ3v) is 3.73. The topological polar surface area (TPSA) is 68.3 Å². The highest BCUT2D eigenvalue weighted by atomic mass is 19.1. The van der Waals surface area contributed by atoms with Crippen LogP contribution in [0.3, 0.4) is 0 Å². The summed E-state index contributed by atoms with van der Waals surface area (Å²) in [4.78, 5) is 27.2. The Morgan fingerprint density at radius 2 is 1.64 bits per heavy atom. The Morgan fingerprint density at radius 1 is 0.964 bits per heavy atom. The van der Waals surface area contributed by atoms with Crippen LogP contribution in [0.5, 0.6) is 5.75 Å². The van der Waals surface area contributed by atoms with Crippen molar-refractivity contribution in [3.63, 3.8) is 0 Å². The van der Waals surface area contributed by atoms with Gasteiger partial charge in [0, 0.05) is 13.1 Å². The molecule has 2 aromatic carbocycles. The van der Waals surface area contributed by atoms with E-state index in [1.807, 2.05) is 18.2 Å². The van der Waals surface area contributed by atoms with E-state index in [2.05, 4.69) is 10.3 Å². The van der Waals surface area contributed by atoms with E-state index in [0.29, 0.717) is 11.6 Å². The summed E-state index contributed by atoms with van der Waals surface area (Å²) in [6.07, 6.45) is 5.38. The summed E-state index contributed by atoms with van der Waals surface area (Å²) in [5.41, 5.74) is 2.06. The zero-order valence-corrected chi connectivity index (χ0v) is 15.1. The molecule has 0 fully saturated rings. The van der Waals surface area contributed by atoms with Crippen molar-refractivity contribution >= 4 is 29.8 Å². The maximum Gasteiger partial charge on any atom is 0.343 e. The van der Waals surface area contributed by atoms with Gasteiger partial charge < -0.3 is 10.1 Å². The molecule has 1 heterocycles. The molecule has 0 saturated carbocycles. The Balaban J connectivity index is 1.64. The summed E-state index contributed by atoms with van der Waals surface area (Å²) >= 11 is 0. The van der Waals surface area contributed by atoms with Crippen LogP contribution in [-0.4, -0.2) is 16.9 Å². The number of ether oxygens (including phenoxy) is 1. The Kier molecular flexibility index (Phi) is 5.91. The molecule has 0 radical (unpaired) electrons. The molecule has 0 aliphatic carbocycles. The monoisotopic (exact) mass is 376 g/mol. The molecule has 5 nitrogen and oxygen atoms in total. The molecule has 0 aliphatic rings. The van der Waals surface area contributed by atoms with Crippen molar-refractivity contribution in [3.8, 4) is 5.75 Å². The number of amides is 1. The Hall–Kier alpha value is -3.80. The molecule has 0 unspecified atom stereocenters. The Bertz CT molecular complexity index is 1010. The number of rotatable bonds is 5. The molecule has 0 atom stereocenters. The first kappa shape index (κ1) is 19.0. The van der Waals surface area contributed by atoms with Crippen LogP contribution in [0.15, 0.2) is 66.9 Å². The zero-order chi connectivity index (χ0) is 19.9. The van der Waals surface area contributed by atoms with Crippen LogP contribution >= 0.6 is 0 Å². The van der Waals surface area contributed by atoms with Gasteiger partial charge in [0.25, 0.3) is 0 Å². The fraction of sp³-hybridized carbons (Fsp3) is 0.0455. The number of benzene rings is 2. The predicted octanol–water partition coefficient (Wildman–Crippen LogP) is 4.57. The van der Waals surface area contributed by atoms with E-state index in [1.165, 1.54) is 31.2 Å². The molecular formula is C22H17FN2O3. The van der Waals surface area contributed by atoms with Crippen LogP contribution in [0.25, 0.3) is 12.2 Å². The number of carbonyl (C=O) groups is 2. The van der Waals surface area contributed by atoms with Crippen LogP contribution in [0.1, 0.15) is 28.4 Å². The molecule has 3 rings (SSSR count). The number of pyridine rings is 1. The van der Waals surface area contributed by atoms with Gasteiger partial charge in [-0.05, 0) is 59.7 Å². The van der Waals surface area contributed by atoms with E-state index in [-0.39, 0.29) is 11.5 Å². The summed E-state index contributed by atoms with van der Waals surface area (Å²) in [6, 6.07) is 15.7. The number of esters is 1. The lowest BCUT2D eigenvalue weighted by Gasteiger charge is -2.05. The van der Waals surface area contributed by atoms with Crippen LogP contribution in [-0.2, 0) is 4.79 Å². The number of nitrogens with zero attached hydrogens (tertiary/aromatic N) is 1.